The number of piperidine rings is 1. The van der Waals surface area contributed by atoms with E-state index >= 15 is 0 Å². The maximum atomic E-state index is 12.4. The Morgan fingerprint density at radius 2 is 1.74 bits per heavy atom. The molecule has 23 heavy (non-hydrogen) atoms. The highest BCUT2D eigenvalue weighted by molar-refractivity contribution is 5.14. The van der Waals surface area contributed by atoms with Crippen LogP contribution in [-0.2, 0) is 6.54 Å². The van der Waals surface area contributed by atoms with Gasteiger partial charge in [-0.05, 0) is 17.4 Å². The minimum absolute atomic E-state index is 0.0148. The first-order valence-electron chi connectivity index (χ1n) is 8.02. The molecule has 1 saturated heterocycles. The Kier molecular flexibility index (Phi) is 6.06. The van der Waals surface area contributed by atoms with Crippen molar-refractivity contribution >= 4 is 0 Å². The van der Waals surface area contributed by atoms with Crippen LogP contribution >= 0.6 is 0 Å². The van der Waals surface area contributed by atoms with Crippen molar-refractivity contribution in [1.29, 1.82) is 0 Å². The van der Waals surface area contributed by atoms with Crippen LogP contribution in [-0.4, -0.2) is 48.0 Å². The number of halogens is 3. The molecule has 1 aromatic rings. The van der Waals surface area contributed by atoms with Crippen molar-refractivity contribution in [3.05, 3.63) is 35.9 Å². The zero-order valence-electron chi connectivity index (χ0n) is 13.6. The average molecular weight is 330 g/mol. The largest absolute Gasteiger partial charge is 0.415 e. The van der Waals surface area contributed by atoms with Gasteiger partial charge >= 0.3 is 6.18 Å². The van der Waals surface area contributed by atoms with Crippen molar-refractivity contribution in [2.75, 3.05) is 19.6 Å². The summed E-state index contributed by atoms with van der Waals surface area (Å²) >= 11 is 0. The lowest BCUT2D eigenvalue weighted by molar-refractivity contribution is -0.202. The second-order valence-electron chi connectivity index (χ2n) is 6.63. The van der Waals surface area contributed by atoms with Gasteiger partial charge in [0, 0.05) is 32.2 Å². The van der Waals surface area contributed by atoms with E-state index in [0.717, 1.165) is 19.6 Å². The highest BCUT2D eigenvalue weighted by atomic mass is 19.4. The normalized spacial score (nSPS) is 27.8. The summed E-state index contributed by atoms with van der Waals surface area (Å²) < 4.78 is 37.2. The fourth-order valence-electron chi connectivity index (χ4n) is 3.41. The molecular formula is C17H25F3N2O. The van der Waals surface area contributed by atoms with Crippen LogP contribution in [0.25, 0.3) is 0 Å². The molecular weight excluding hydrogens is 305 g/mol. The summed E-state index contributed by atoms with van der Waals surface area (Å²) in [5, 5.41) is 12.1. The van der Waals surface area contributed by atoms with Gasteiger partial charge in [-0.3, -0.25) is 4.90 Å². The summed E-state index contributed by atoms with van der Waals surface area (Å²) in [6, 6.07) is 10.2. The summed E-state index contributed by atoms with van der Waals surface area (Å²) in [4.78, 5) is 2.34. The van der Waals surface area contributed by atoms with Crippen molar-refractivity contribution in [2.45, 2.75) is 38.7 Å². The molecule has 130 valence electrons. The third kappa shape index (κ3) is 5.19. The summed E-state index contributed by atoms with van der Waals surface area (Å²) in [7, 11) is 0. The van der Waals surface area contributed by atoms with E-state index in [-0.39, 0.29) is 17.9 Å². The number of rotatable bonds is 5. The molecule has 4 atom stereocenters. The Morgan fingerprint density at radius 1 is 1.17 bits per heavy atom. The van der Waals surface area contributed by atoms with Crippen LogP contribution in [0.3, 0.4) is 0 Å². The van der Waals surface area contributed by atoms with Crippen LogP contribution in [0.15, 0.2) is 30.3 Å². The van der Waals surface area contributed by atoms with Crippen LogP contribution in [0.2, 0.25) is 0 Å². The maximum absolute atomic E-state index is 12.4. The first kappa shape index (κ1) is 18.2. The molecule has 1 aliphatic heterocycles. The summed E-state index contributed by atoms with van der Waals surface area (Å²) in [5.74, 6) is 0.450. The van der Waals surface area contributed by atoms with Crippen LogP contribution < -0.4 is 5.32 Å². The van der Waals surface area contributed by atoms with Crippen LogP contribution in [0.5, 0.6) is 0 Å². The fourth-order valence-corrected chi connectivity index (χ4v) is 3.41. The maximum Gasteiger partial charge on any atom is 0.415 e. The molecule has 2 N–H and O–H groups in total. The molecule has 1 heterocycles. The Balaban J connectivity index is 1.87. The van der Waals surface area contributed by atoms with Gasteiger partial charge < -0.3 is 10.4 Å². The molecule has 0 bridgehead atoms. The topological polar surface area (TPSA) is 35.5 Å². The lowest BCUT2D eigenvalue weighted by Crippen LogP contribution is -2.55. The van der Waals surface area contributed by atoms with Crippen LogP contribution in [0, 0.1) is 11.8 Å². The van der Waals surface area contributed by atoms with Crippen molar-refractivity contribution < 1.29 is 18.3 Å². The van der Waals surface area contributed by atoms with Crippen molar-refractivity contribution in [3.8, 4) is 0 Å². The monoisotopic (exact) mass is 330 g/mol. The third-order valence-corrected chi connectivity index (χ3v) is 4.49. The zero-order chi connectivity index (χ0) is 17.0. The molecule has 0 amide bonds. The van der Waals surface area contributed by atoms with Gasteiger partial charge in [-0.1, -0.05) is 44.2 Å². The third-order valence-electron chi connectivity index (χ3n) is 4.49. The molecule has 0 saturated carbocycles. The van der Waals surface area contributed by atoms with E-state index in [1.807, 2.05) is 32.0 Å². The Bertz CT molecular complexity index is 468. The average Bonchev–Trinajstić information content (AvgIpc) is 2.46. The number of aliphatic hydroxyl groups is 1. The second kappa shape index (κ2) is 7.64. The summed E-state index contributed by atoms with van der Waals surface area (Å²) in [6.07, 6.45) is -6.86. The molecule has 1 fully saturated rings. The number of aliphatic hydroxyl groups excluding tert-OH is 1. The smallest absolute Gasteiger partial charge is 0.382 e. The first-order chi connectivity index (χ1) is 10.8. The molecule has 0 aromatic heterocycles. The highest BCUT2D eigenvalue weighted by Crippen LogP contribution is 2.25. The quantitative estimate of drug-likeness (QED) is 0.871. The van der Waals surface area contributed by atoms with Crippen LogP contribution in [0.4, 0.5) is 13.2 Å². The van der Waals surface area contributed by atoms with E-state index < -0.39 is 18.8 Å². The van der Waals surface area contributed by atoms with Gasteiger partial charge in [0.15, 0.2) is 6.10 Å². The fraction of sp³-hybridized carbons (Fsp3) is 0.647. The highest BCUT2D eigenvalue weighted by Gasteiger charge is 2.39. The number of nitrogens with one attached hydrogen (secondary N) is 1. The van der Waals surface area contributed by atoms with Gasteiger partial charge in [0.05, 0.1) is 0 Å². The molecule has 1 unspecified atom stereocenters. The van der Waals surface area contributed by atoms with Crippen LogP contribution in [0.1, 0.15) is 19.4 Å². The van der Waals surface area contributed by atoms with E-state index in [1.54, 1.807) is 0 Å². The van der Waals surface area contributed by atoms with E-state index in [2.05, 4.69) is 22.3 Å². The minimum Gasteiger partial charge on any atom is -0.382 e. The zero-order valence-corrected chi connectivity index (χ0v) is 13.6. The predicted octanol–water partition coefficient (Wildman–Crippen LogP) is 2.66. The van der Waals surface area contributed by atoms with Crippen molar-refractivity contribution in [1.82, 2.24) is 10.2 Å². The molecule has 1 aliphatic rings. The predicted molar refractivity (Wildman–Crippen MR) is 83.9 cm³/mol. The van der Waals surface area contributed by atoms with Gasteiger partial charge in [-0.15, -0.1) is 0 Å². The minimum atomic E-state index is -4.56. The Labute approximate surface area is 135 Å². The molecule has 2 rings (SSSR count). The lowest BCUT2D eigenvalue weighted by Gasteiger charge is -2.42. The lowest BCUT2D eigenvalue weighted by atomic mass is 9.85. The van der Waals surface area contributed by atoms with E-state index in [1.165, 1.54) is 5.56 Å². The molecule has 6 heteroatoms. The summed E-state index contributed by atoms with van der Waals surface area (Å²) in [6.45, 7) is 6.17. The number of hydrogen-bond donors (Lipinski definition) is 2. The van der Waals surface area contributed by atoms with E-state index in [4.69, 9.17) is 5.11 Å². The van der Waals surface area contributed by atoms with Gasteiger partial charge in [0.25, 0.3) is 0 Å². The van der Waals surface area contributed by atoms with E-state index in [0.29, 0.717) is 0 Å². The summed E-state index contributed by atoms with van der Waals surface area (Å²) in [5.41, 5.74) is 1.24. The first-order valence-corrected chi connectivity index (χ1v) is 8.02. The standard InChI is InChI=1S/C17H25F3N2O/c1-12-9-22(11-14-6-4-3-5-7-14)10-13(2)16(12)21-8-15(23)17(18,19)20/h3-7,12-13,15-16,21,23H,8-11H2,1-2H3/t12-,13+,15-,16?/m0/s1. The number of benzene rings is 1. The van der Waals surface area contributed by atoms with Gasteiger partial charge in [-0.2, -0.15) is 13.2 Å². The van der Waals surface area contributed by atoms with E-state index in [9.17, 15) is 13.2 Å². The number of nitrogens with zero attached hydrogens (tertiary/aromatic N) is 1. The molecule has 0 radical (unpaired) electrons. The van der Waals surface area contributed by atoms with Gasteiger partial charge in [0.2, 0.25) is 0 Å². The van der Waals surface area contributed by atoms with Gasteiger partial charge in [0.1, 0.15) is 0 Å². The molecule has 1 aromatic carbocycles. The Morgan fingerprint density at radius 3 is 2.26 bits per heavy atom. The SMILES string of the molecule is C[C@@H]1CN(Cc2ccccc2)C[C@H](C)C1NC[C@H](O)C(F)(F)F. The second-order valence-corrected chi connectivity index (χ2v) is 6.63. The number of hydrogen-bond acceptors (Lipinski definition) is 3. The molecule has 0 spiro atoms. The van der Waals surface area contributed by atoms with Gasteiger partial charge in [-0.25, -0.2) is 0 Å². The molecule has 3 nitrogen and oxygen atoms in total. The Hall–Kier alpha value is -1.11. The van der Waals surface area contributed by atoms with Crippen molar-refractivity contribution in [2.24, 2.45) is 11.8 Å². The van der Waals surface area contributed by atoms with Crippen molar-refractivity contribution in [3.63, 3.8) is 0 Å². The number of alkyl halides is 3. The number of likely N-dealkylation sites (tertiary alicyclic amines) is 1. The molecule has 0 aliphatic carbocycles.